The molecule has 0 aliphatic heterocycles. The number of pyridine rings is 1. The highest BCUT2D eigenvalue weighted by atomic mass is 19.1. The number of carbonyl (C=O) groups is 1. The van der Waals surface area contributed by atoms with Crippen molar-refractivity contribution in [3.05, 3.63) is 41.8 Å². The van der Waals surface area contributed by atoms with E-state index in [1.165, 1.54) is 31.5 Å². The van der Waals surface area contributed by atoms with Crippen molar-refractivity contribution < 1.29 is 19.0 Å². The van der Waals surface area contributed by atoms with Crippen molar-refractivity contribution in [1.82, 2.24) is 4.98 Å². The summed E-state index contributed by atoms with van der Waals surface area (Å²) in [6.45, 7) is 0. The van der Waals surface area contributed by atoms with Crippen molar-refractivity contribution in [1.29, 1.82) is 0 Å². The molecule has 3 N–H and O–H groups in total. The summed E-state index contributed by atoms with van der Waals surface area (Å²) in [6.07, 6.45) is 1.23. The van der Waals surface area contributed by atoms with Crippen molar-refractivity contribution in [2.75, 3.05) is 12.8 Å². The number of aromatic carboxylic acids is 1. The number of nitrogens with two attached hydrogens (primary N) is 1. The third-order valence-corrected chi connectivity index (χ3v) is 2.63. The van der Waals surface area contributed by atoms with E-state index in [4.69, 9.17) is 15.6 Å². The second kappa shape index (κ2) is 4.93. The summed E-state index contributed by atoms with van der Waals surface area (Å²) >= 11 is 0. The Morgan fingerprint density at radius 1 is 1.42 bits per heavy atom. The third kappa shape index (κ3) is 2.33. The molecule has 2 aromatic rings. The van der Waals surface area contributed by atoms with Gasteiger partial charge < -0.3 is 15.6 Å². The highest BCUT2D eigenvalue weighted by molar-refractivity contribution is 5.96. The van der Waals surface area contributed by atoms with Crippen LogP contribution in [0, 0.1) is 5.82 Å². The molecule has 0 amide bonds. The number of anilines is 1. The summed E-state index contributed by atoms with van der Waals surface area (Å²) in [5.74, 6) is -1.75. The molecule has 0 aliphatic rings. The number of methoxy groups -OCH3 is 1. The van der Waals surface area contributed by atoms with E-state index in [2.05, 4.69) is 4.98 Å². The standard InChI is InChI=1S/C13H11FN2O3/c1-19-10-4-2-3-7(12(10)14)9-6-16-11(15)5-8(9)13(17)18/h2-6H,1H3,(H2,15,16)(H,17,18). The molecule has 2 rings (SSSR count). The van der Waals surface area contributed by atoms with Gasteiger partial charge in [0.2, 0.25) is 0 Å². The summed E-state index contributed by atoms with van der Waals surface area (Å²) in [5.41, 5.74) is 5.59. The topological polar surface area (TPSA) is 85.4 Å². The molecule has 6 heteroatoms. The predicted octanol–water partition coefficient (Wildman–Crippen LogP) is 2.18. The lowest BCUT2D eigenvalue weighted by Gasteiger charge is -2.10. The summed E-state index contributed by atoms with van der Waals surface area (Å²) < 4.78 is 19.0. The predicted molar refractivity (Wildman–Crippen MR) is 67.6 cm³/mol. The number of carboxylic acids is 1. The number of hydrogen-bond acceptors (Lipinski definition) is 4. The van der Waals surface area contributed by atoms with E-state index >= 15 is 0 Å². The molecule has 0 spiro atoms. The fourth-order valence-electron chi connectivity index (χ4n) is 1.74. The normalized spacial score (nSPS) is 10.2. The SMILES string of the molecule is COc1cccc(-c2cnc(N)cc2C(=O)O)c1F. The van der Waals surface area contributed by atoms with Gasteiger partial charge in [-0.15, -0.1) is 0 Å². The van der Waals surface area contributed by atoms with E-state index in [0.717, 1.165) is 0 Å². The number of nitrogen functional groups attached to an aromatic ring is 1. The van der Waals surface area contributed by atoms with Crippen LogP contribution in [0.2, 0.25) is 0 Å². The van der Waals surface area contributed by atoms with Gasteiger partial charge in [0.1, 0.15) is 5.82 Å². The number of rotatable bonds is 3. The Morgan fingerprint density at radius 3 is 2.79 bits per heavy atom. The quantitative estimate of drug-likeness (QED) is 0.885. The summed E-state index contributed by atoms with van der Waals surface area (Å²) in [7, 11) is 1.33. The van der Waals surface area contributed by atoms with E-state index in [1.807, 2.05) is 0 Å². The minimum atomic E-state index is -1.20. The summed E-state index contributed by atoms with van der Waals surface area (Å²) in [6, 6.07) is 5.66. The molecule has 5 nitrogen and oxygen atoms in total. The van der Waals surface area contributed by atoms with Crippen LogP contribution in [0.15, 0.2) is 30.5 Å². The van der Waals surface area contributed by atoms with Crippen LogP contribution in [0.4, 0.5) is 10.2 Å². The van der Waals surface area contributed by atoms with Crippen LogP contribution < -0.4 is 10.5 Å². The molecule has 1 aromatic heterocycles. The van der Waals surface area contributed by atoms with E-state index in [-0.39, 0.29) is 28.3 Å². The lowest BCUT2D eigenvalue weighted by Crippen LogP contribution is -2.04. The van der Waals surface area contributed by atoms with Crippen molar-refractivity contribution in [2.45, 2.75) is 0 Å². The van der Waals surface area contributed by atoms with Gasteiger partial charge in [0, 0.05) is 17.3 Å². The van der Waals surface area contributed by atoms with Crippen molar-refractivity contribution >= 4 is 11.8 Å². The summed E-state index contributed by atoms with van der Waals surface area (Å²) in [4.78, 5) is 15.0. The van der Waals surface area contributed by atoms with Crippen molar-refractivity contribution in [3.63, 3.8) is 0 Å². The van der Waals surface area contributed by atoms with Gasteiger partial charge in [-0.1, -0.05) is 12.1 Å². The van der Waals surface area contributed by atoms with Gasteiger partial charge in [0.05, 0.1) is 12.7 Å². The van der Waals surface area contributed by atoms with E-state index in [1.54, 1.807) is 6.07 Å². The first-order valence-electron chi connectivity index (χ1n) is 5.36. The van der Waals surface area contributed by atoms with Crippen LogP contribution in [0.5, 0.6) is 5.75 Å². The Balaban J connectivity index is 2.69. The molecular formula is C13H11FN2O3. The molecule has 0 saturated heterocycles. The molecular weight excluding hydrogens is 251 g/mol. The first-order valence-corrected chi connectivity index (χ1v) is 5.36. The van der Waals surface area contributed by atoms with Gasteiger partial charge >= 0.3 is 5.97 Å². The van der Waals surface area contributed by atoms with Crippen LogP contribution in [0.25, 0.3) is 11.1 Å². The van der Waals surface area contributed by atoms with Gasteiger partial charge in [0.15, 0.2) is 11.6 Å². The maximum Gasteiger partial charge on any atom is 0.336 e. The van der Waals surface area contributed by atoms with Crippen LogP contribution in [-0.4, -0.2) is 23.2 Å². The van der Waals surface area contributed by atoms with E-state index in [9.17, 15) is 9.18 Å². The molecule has 0 saturated carbocycles. The fraction of sp³-hybridized carbons (Fsp3) is 0.0769. The Bertz CT molecular complexity index is 644. The van der Waals surface area contributed by atoms with Crippen LogP contribution in [0.1, 0.15) is 10.4 Å². The molecule has 0 aliphatic carbocycles. The van der Waals surface area contributed by atoms with Crippen molar-refractivity contribution in [3.8, 4) is 16.9 Å². The molecule has 0 fully saturated rings. The van der Waals surface area contributed by atoms with Gasteiger partial charge in [-0.25, -0.2) is 14.2 Å². The zero-order chi connectivity index (χ0) is 14.0. The zero-order valence-electron chi connectivity index (χ0n) is 10.1. The lowest BCUT2D eigenvalue weighted by atomic mass is 10.0. The Hall–Kier alpha value is -2.63. The number of aromatic nitrogens is 1. The van der Waals surface area contributed by atoms with Gasteiger partial charge in [0.25, 0.3) is 0 Å². The third-order valence-electron chi connectivity index (χ3n) is 2.63. The van der Waals surface area contributed by atoms with Crippen LogP contribution >= 0.6 is 0 Å². The highest BCUT2D eigenvalue weighted by Crippen LogP contribution is 2.31. The second-order valence-corrected chi connectivity index (χ2v) is 3.78. The van der Waals surface area contributed by atoms with E-state index in [0.29, 0.717) is 0 Å². The second-order valence-electron chi connectivity index (χ2n) is 3.78. The summed E-state index contributed by atoms with van der Waals surface area (Å²) in [5, 5.41) is 9.13. The van der Waals surface area contributed by atoms with Crippen LogP contribution in [-0.2, 0) is 0 Å². The maximum absolute atomic E-state index is 14.1. The number of nitrogens with zero attached hydrogens (tertiary/aromatic N) is 1. The molecule has 19 heavy (non-hydrogen) atoms. The molecule has 1 aromatic carbocycles. The highest BCUT2D eigenvalue weighted by Gasteiger charge is 2.18. The average Bonchev–Trinajstić information content (AvgIpc) is 2.39. The minimum absolute atomic E-state index is 0.0330. The van der Waals surface area contributed by atoms with E-state index < -0.39 is 11.8 Å². The number of benzene rings is 1. The number of ether oxygens (including phenoxy) is 1. The van der Waals surface area contributed by atoms with Gasteiger partial charge in [-0.3, -0.25) is 0 Å². The molecule has 0 atom stereocenters. The Kier molecular flexibility index (Phi) is 3.33. The Morgan fingerprint density at radius 2 is 2.16 bits per heavy atom. The van der Waals surface area contributed by atoms with Crippen molar-refractivity contribution in [2.24, 2.45) is 0 Å². The number of hydrogen-bond donors (Lipinski definition) is 2. The number of halogens is 1. The lowest BCUT2D eigenvalue weighted by molar-refractivity contribution is 0.0697. The average molecular weight is 262 g/mol. The first-order chi connectivity index (χ1) is 9.04. The smallest absolute Gasteiger partial charge is 0.336 e. The van der Waals surface area contributed by atoms with Gasteiger partial charge in [-0.2, -0.15) is 0 Å². The molecule has 0 bridgehead atoms. The van der Waals surface area contributed by atoms with Gasteiger partial charge in [-0.05, 0) is 12.1 Å². The molecule has 1 heterocycles. The minimum Gasteiger partial charge on any atom is -0.494 e. The molecule has 0 unspecified atom stereocenters. The fourth-order valence-corrected chi connectivity index (χ4v) is 1.74. The molecule has 0 radical (unpaired) electrons. The Labute approximate surface area is 108 Å². The maximum atomic E-state index is 14.1. The number of carboxylic acid groups (broad SMARTS) is 1. The van der Waals surface area contributed by atoms with Crippen LogP contribution in [0.3, 0.4) is 0 Å². The molecule has 98 valence electrons. The monoisotopic (exact) mass is 262 g/mol. The largest absolute Gasteiger partial charge is 0.494 e. The first kappa shape index (κ1) is 12.8. The zero-order valence-corrected chi connectivity index (χ0v) is 10.1.